The van der Waals surface area contributed by atoms with Gasteiger partial charge in [-0.05, 0) is 38.1 Å². The maximum absolute atomic E-state index is 13.4. The zero-order valence-corrected chi connectivity index (χ0v) is 17.4. The molecule has 3 aromatic rings. The molecule has 0 aliphatic carbocycles. The molecule has 2 aromatic heterocycles. The van der Waals surface area contributed by atoms with E-state index in [4.69, 9.17) is 5.41 Å². The van der Waals surface area contributed by atoms with Crippen molar-refractivity contribution in [1.29, 1.82) is 5.41 Å². The molecule has 1 aliphatic heterocycles. The van der Waals surface area contributed by atoms with Crippen LogP contribution in [0.25, 0.3) is 17.1 Å². The predicted molar refractivity (Wildman–Crippen MR) is 113 cm³/mol. The predicted octanol–water partition coefficient (Wildman–Crippen LogP) is 4.57. The Morgan fingerprint density at radius 3 is 2.41 bits per heavy atom. The summed E-state index contributed by atoms with van der Waals surface area (Å²) < 4.78 is 56.2. The first-order chi connectivity index (χ1) is 15.1. The molecule has 2 N–H and O–H groups in total. The van der Waals surface area contributed by atoms with Gasteiger partial charge in [0.2, 0.25) is 0 Å². The lowest BCUT2D eigenvalue weighted by atomic mass is 10.1. The number of hydrogen-bond donors (Lipinski definition) is 2. The molecular weight excluding hydrogens is 426 g/mol. The van der Waals surface area contributed by atoms with Crippen LogP contribution in [-0.2, 0) is 19.6 Å². The number of anilines is 1. The minimum atomic E-state index is -4.55. The summed E-state index contributed by atoms with van der Waals surface area (Å²) in [5.74, 6) is -0.0132. The molecule has 4 rings (SSSR count). The van der Waals surface area contributed by atoms with E-state index >= 15 is 0 Å². The number of aryl methyl sites for hydroxylation is 2. The third-order valence-electron chi connectivity index (χ3n) is 5.10. The van der Waals surface area contributed by atoms with Gasteiger partial charge in [0.05, 0.1) is 22.6 Å². The van der Waals surface area contributed by atoms with Gasteiger partial charge >= 0.3 is 6.18 Å². The number of alkyl halides is 3. The molecule has 32 heavy (non-hydrogen) atoms. The van der Waals surface area contributed by atoms with Gasteiger partial charge in [0.25, 0.3) is 0 Å². The van der Waals surface area contributed by atoms with Crippen molar-refractivity contribution in [3.63, 3.8) is 0 Å². The number of rotatable bonds is 2. The molecule has 0 saturated carbocycles. The van der Waals surface area contributed by atoms with Crippen molar-refractivity contribution in [1.82, 2.24) is 19.6 Å². The average molecular weight is 445 g/mol. The Balaban J connectivity index is 1.76. The Kier molecular flexibility index (Phi) is 5.19. The molecule has 0 spiro atoms. The molecule has 0 amide bonds. The molecule has 0 saturated heterocycles. The van der Waals surface area contributed by atoms with E-state index in [-0.39, 0.29) is 35.3 Å². The Bertz CT molecular complexity index is 1260. The number of nitrogens with one attached hydrogen (secondary N) is 2. The Hall–Kier alpha value is -3.76. The largest absolute Gasteiger partial charge is 0.419 e. The highest BCUT2D eigenvalue weighted by Gasteiger charge is 2.37. The van der Waals surface area contributed by atoms with Crippen LogP contribution < -0.4 is 5.32 Å². The topological polar surface area (TPSA) is 83.9 Å². The summed E-state index contributed by atoms with van der Waals surface area (Å²) in [5, 5.41) is 19.6. The second-order valence-corrected chi connectivity index (χ2v) is 7.32. The van der Waals surface area contributed by atoms with Gasteiger partial charge in [-0.15, -0.1) is 0 Å². The molecule has 1 aliphatic rings. The maximum Gasteiger partial charge on any atom is 0.419 e. The second-order valence-electron chi connectivity index (χ2n) is 7.32. The summed E-state index contributed by atoms with van der Waals surface area (Å²) in [6.45, 7) is 2.59. The number of aliphatic imine (C=N–C) groups is 1. The van der Waals surface area contributed by atoms with Crippen LogP contribution in [0.2, 0.25) is 0 Å². The lowest BCUT2D eigenvalue weighted by molar-refractivity contribution is -0.138. The summed E-state index contributed by atoms with van der Waals surface area (Å²) >= 11 is 0. The lowest BCUT2D eigenvalue weighted by Gasteiger charge is -2.08. The summed E-state index contributed by atoms with van der Waals surface area (Å²) in [6, 6.07) is 5.93. The molecule has 7 nitrogen and oxygen atoms in total. The van der Waals surface area contributed by atoms with Crippen LogP contribution in [0.5, 0.6) is 0 Å². The van der Waals surface area contributed by atoms with Gasteiger partial charge in [-0.1, -0.05) is 0 Å². The van der Waals surface area contributed by atoms with E-state index < -0.39 is 11.7 Å². The van der Waals surface area contributed by atoms with E-state index in [1.807, 2.05) is 0 Å². The number of hydrogen-bond acceptors (Lipinski definition) is 4. The average Bonchev–Trinajstić information content (AvgIpc) is 3.18. The van der Waals surface area contributed by atoms with Gasteiger partial charge in [0.15, 0.2) is 11.6 Å². The number of nitrogens with zero attached hydrogens (tertiary/aromatic N) is 5. The van der Waals surface area contributed by atoms with Crippen molar-refractivity contribution >= 4 is 23.7 Å². The number of benzene rings is 1. The molecule has 0 bridgehead atoms. The Morgan fingerprint density at radius 1 is 1.09 bits per heavy atom. The lowest BCUT2D eigenvalue weighted by Crippen LogP contribution is -2.12. The maximum atomic E-state index is 13.4. The van der Waals surface area contributed by atoms with Gasteiger partial charge < -0.3 is 5.32 Å². The fourth-order valence-electron chi connectivity index (χ4n) is 3.78. The molecule has 0 fully saturated rings. The number of halogens is 4. The first kappa shape index (κ1) is 21.5. The van der Waals surface area contributed by atoms with Crippen molar-refractivity contribution in [2.24, 2.45) is 12.0 Å². The smallest absolute Gasteiger partial charge is 0.324 e. The minimum Gasteiger partial charge on any atom is -0.324 e. The van der Waals surface area contributed by atoms with Crippen molar-refractivity contribution in [2.75, 3.05) is 5.32 Å². The molecule has 0 radical (unpaired) electrons. The molecule has 0 unspecified atom stereocenters. The van der Waals surface area contributed by atoms with Crippen molar-refractivity contribution in [3.8, 4) is 11.3 Å². The fraction of sp³-hybridized carbons (Fsp3) is 0.238. The molecular formula is C21H19F4N7. The van der Waals surface area contributed by atoms with Gasteiger partial charge in [-0.3, -0.25) is 10.1 Å². The van der Waals surface area contributed by atoms with Gasteiger partial charge in [-0.25, -0.2) is 14.1 Å². The summed E-state index contributed by atoms with van der Waals surface area (Å²) in [5.41, 5.74) is 1.04. The van der Waals surface area contributed by atoms with E-state index in [0.29, 0.717) is 17.1 Å². The Morgan fingerprint density at radius 2 is 1.78 bits per heavy atom. The summed E-state index contributed by atoms with van der Waals surface area (Å²) in [6.07, 6.45) is -1.45. The van der Waals surface area contributed by atoms with Crippen molar-refractivity contribution in [3.05, 3.63) is 58.7 Å². The zero-order chi connectivity index (χ0) is 23.2. The van der Waals surface area contributed by atoms with E-state index in [9.17, 15) is 17.6 Å². The highest BCUT2D eigenvalue weighted by Crippen LogP contribution is 2.35. The van der Waals surface area contributed by atoms with Crippen LogP contribution in [0.1, 0.15) is 22.5 Å². The minimum absolute atomic E-state index is 0.0662. The fourth-order valence-corrected chi connectivity index (χ4v) is 3.78. The second kappa shape index (κ2) is 7.74. The highest BCUT2D eigenvalue weighted by molar-refractivity contribution is 6.05. The highest BCUT2D eigenvalue weighted by atomic mass is 19.4. The van der Waals surface area contributed by atoms with Crippen LogP contribution in [0.15, 0.2) is 35.3 Å². The number of fused-ring (bicyclic) bond motifs is 1. The van der Waals surface area contributed by atoms with Crippen LogP contribution >= 0.6 is 0 Å². The number of aromatic nitrogens is 4. The molecule has 3 heterocycles. The van der Waals surface area contributed by atoms with Crippen LogP contribution in [0, 0.1) is 25.1 Å². The summed E-state index contributed by atoms with van der Waals surface area (Å²) in [7, 11) is 1.73. The van der Waals surface area contributed by atoms with Gasteiger partial charge in [-0.2, -0.15) is 23.4 Å². The number of amidine groups is 1. The van der Waals surface area contributed by atoms with Crippen LogP contribution in [-0.4, -0.2) is 31.6 Å². The van der Waals surface area contributed by atoms with E-state index in [1.165, 1.54) is 38.3 Å². The third kappa shape index (κ3) is 3.81. The quantitative estimate of drug-likeness (QED) is 0.567. The van der Waals surface area contributed by atoms with Crippen molar-refractivity contribution < 1.29 is 17.6 Å². The van der Waals surface area contributed by atoms with Crippen LogP contribution in [0.3, 0.4) is 0 Å². The normalized spacial score (nSPS) is 17.0. The van der Waals surface area contributed by atoms with E-state index in [2.05, 4.69) is 20.5 Å². The molecule has 0 atom stereocenters. The van der Waals surface area contributed by atoms with E-state index in [1.54, 1.807) is 23.9 Å². The Labute approximate surface area is 180 Å². The monoisotopic (exact) mass is 445 g/mol. The summed E-state index contributed by atoms with van der Waals surface area (Å²) in [4.78, 5) is 4.31. The van der Waals surface area contributed by atoms with Gasteiger partial charge in [0, 0.05) is 36.9 Å². The molecule has 11 heteroatoms. The van der Waals surface area contributed by atoms with Gasteiger partial charge in [0.1, 0.15) is 11.7 Å². The standard InChI is InChI=1S/C21H19F4N7/c1-11-18(21(23,24)25)12(2)32(29-11)17-10-16(26)28-20-15(8-9-27-17)19(31(3)30-20)13-4-6-14(22)7-5-13/h4-7,9-10H,8H2,1-3H3,(H2,26,28,30)/b17-10+,27-9-. The molecule has 1 aromatic carbocycles. The molecule has 166 valence electrons. The SMILES string of the molecule is Cc1nn(C2=C/C(=N)Nc3nn(C)c(-c4ccc(F)cc4)c3C/C=N\2)c(C)c1C(F)(F)F. The first-order valence-electron chi connectivity index (χ1n) is 9.61. The third-order valence-corrected chi connectivity index (χ3v) is 5.10. The first-order valence-corrected chi connectivity index (χ1v) is 9.61. The van der Waals surface area contributed by atoms with E-state index in [0.717, 1.165) is 10.2 Å². The van der Waals surface area contributed by atoms with Crippen molar-refractivity contribution in [2.45, 2.75) is 26.4 Å². The zero-order valence-electron chi connectivity index (χ0n) is 17.4. The van der Waals surface area contributed by atoms with Crippen LogP contribution in [0.4, 0.5) is 23.4 Å².